The maximum absolute atomic E-state index is 13.4. The second-order valence-electron chi connectivity index (χ2n) is 6.18. The van der Waals surface area contributed by atoms with Crippen molar-refractivity contribution in [2.75, 3.05) is 12.4 Å². The number of carbonyl (C=O) groups is 1. The molecule has 1 fully saturated rings. The van der Waals surface area contributed by atoms with Crippen molar-refractivity contribution in [3.63, 3.8) is 0 Å². The normalized spacial score (nSPS) is 22.1. The lowest BCUT2D eigenvalue weighted by atomic mass is 9.79. The monoisotopic (exact) mass is 293 g/mol. The Morgan fingerprint density at radius 3 is 2.52 bits per heavy atom. The van der Waals surface area contributed by atoms with E-state index in [-0.39, 0.29) is 5.82 Å². The van der Waals surface area contributed by atoms with Gasteiger partial charge in [0.2, 0.25) is 0 Å². The number of benzene rings is 1. The summed E-state index contributed by atoms with van der Waals surface area (Å²) in [7, 11) is 1.34. The van der Waals surface area contributed by atoms with Gasteiger partial charge in [-0.1, -0.05) is 13.8 Å². The summed E-state index contributed by atoms with van der Waals surface area (Å²) in [5, 5.41) is 3.32. The Morgan fingerprint density at radius 1 is 1.29 bits per heavy atom. The highest BCUT2D eigenvalue weighted by Crippen LogP contribution is 2.32. The van der Waals surface area contributed by atoms with Crippen LogP contribution >= 0.6 is 0 Å². The van der Waals surface area contributed by atoms with Gasteiger partial charge < -0.3 is 10.1 Å². The zero-order valence-electron chi connectivity index (χ0n) is 13.0. The van der Waals surface area contributed by atoms with Crippen LogP contribution in [0.5, 0.6) is 0 Å². The molecule has 0 spiro atoms. The number of hydrogen-bond acceptors (Lipinski definition) is 3. The van der Waals surface area contributed by atoms with Crippen molar-refractivity contribution in [2.45, 2.75) is 45.6 Å². The highest BCUT2D eigenvalue weighted by atomic mass is 19.1. The third-order valence-corrected chi connectivity index (χ3v) is 4.46. The molecule has 1 aromatic carbocycles. The van der Waals surface area contributed by atoms with E-state index in [1.54, 1.807) is 0 Å². The molecular weight excluding hydrogens is 269 g/mol. The summed E-state index contributed by atoms with van der Waals surface area (Å²) in [5.74, 6) is 0.704. The molecule has 0 aliphatic heterocycles. The van der Waals surface area contributed by atoms with E-state index >= 15 is 0 Å². The van der Waals surface area contributed by atoms with Crippen molar-refractivity contribution in [3.8, 4) is 0 Å². The van der Waals surface area contributed by atoms with Crippen LogP contribution in [-0.4, -0.2) is 19.1 Å². The van der Waals surface area contributed by atoms with Gasteiger partial charge in [-0.15, -0.1) is 0 Å². The third kappa shape index (κ3) is 3.96. The minimum Gasteiger partial charge on any atom is -0.465 e. The molecule has 116 valence electrons. The first kappa shape index (κ1) is 15.8. The maximum atomic E-state index is 13.4. The van der Waals surface area contributed by atoms with E-state index in [1.807, 2.05) is 0 Å². The summed E-state index contributed by atoms with van der Waals surface area (Å²) in [6, 6.07) is 4.43. The predicted molar refractivity (Wildman–Crippen MR) is 81.9 cm³/mol. The molecule has 3 nitrogen and oxygen atoms in total. The summed E-state index contributed by atoms with van der Waals surface area (Å²) in [5.41, 5.74) is 0.930. The molecule has 0 heterocycles. The van der Waals surface area contributed by atoms with Gasteiger partial charge in [0.15, 0.2) is 0 Å². The van der Waals surface area contributed by atoms with Gasteiger partial charge in [-0.05, 0) is 55.7 Å². The van der Waals surface area contributed by atoms with E-state index < -0.39 is 5.97 Å². The zero-order valence-corrected chi connectivity index (χ0v) is 13.0. The van der Waals surface area contributed by atoms with Gasteiger partial charge in [0.05, 0.1) is 18.4 Å². The van der Waals surface area contributed by atoms with E-state index in [4.69, 9.17) is 4.74 Å². The van der Waals surface area contributed by atoms with Crippen molar-refractivity contribution in [3.05, 3.63) is 29.6 Å². The second-order valence-corrected chi connectivity index (χ2v) is 6.18. The number of methoxy groups -OCH3 is 1. The van der Waals surface area contributed by atoms with Gasteiger partial charge in [0, 0.05) is 6.04 Å². The third-order valence-electron chi connectivity index (χ3n) is 4.46. The second kappa shape index (κ2) is 6.92. The number of anilines is 1. The fraction of sp³-hybridized carbons (Fsp3) is 0.588. The molecule has 0 aromatic heterocycles. The van der Waals surface area contributed by atoms with Crippen LogP contribution in [-0.2, 0) is 4.74 Å². The van der Waals surface area contributed by atoms with Gasteiger partial charge in [0.1, 0.15) is 5.82 Å². The molecule has 2 rings (SSSR count). The molecule has 0 radical (unpaired) electrons. The minimum absolute atomic E-state index is 0.296. The number of ether oxygens (including phenoxy) is 1. The molecule has 1 aliphatic carbocycles. The number of carbonyl (C=O) groups excluding carboxylic acids is 1. The van der Waals surface area contributed by atoms with E-state index in [0.717, 1.165) is 18.8 Å². The van der Waals surface area contributed by atoms with E-state index in [0.29, 0.717) is 23.2 Å². The Hall–Kier alpha value is -1.58. The molecule has 0 unspecified atom stereocenters. The zero-order chi connectivity index (χ0) is 15.4. The Bertz CT molecular complexity index is 494. The summed E-state index contributed by atoms with van der Waals surface area (Å²) >= 11 is 0. The Morgan fingerprint density at radius 2 is 1.95 bits per heavy atom. The average Bonchev–Trinajstić information content (AvgIpc) is 2.47. The molecular formula is C17H24FNO2. The topological polar surface area (TPSA) is 38.3 Å². The standard InChI is InChI=1S/C17H24FNO2/c1-11(2)12-4-7-14(8-5-12)19-16-10-13(18)6-9-15(16)17(20)21-3/h6,9-12,14,19H,4-5,7-8H2,1-3H3. The first-order valence-electron chi connectivity index (χ1n) is 7.65. The van der Waals surface area contributed by atoms with Crippen molar-refractivity contribution >= 4 is 11.7 Å². The van der Waals surface area contributed by atoms with Gasteiger partial charge in [-0.25, -0.2) is 9.18 Å². The van der Waals surface area contributed by atoms with Crippen LogP contribution in [0.1, 0.15) is 49.9 Å². The Balaban J connectivity index is 2.06. The molecule has 4 heteroatoms. The number of esters is 1. The van der Waals surface area contributed by atoms with Gasteiger partial charge in [-0.3, -0.25) is 0 Å². The predicted octanol–water partition coefficient (Wildman–Crippen LogP) is 4.24. The Kier molecular flexibility index (Phi) is 5.21. The van der Waals surface area contributed by atoms with Crippen molar-refractivity contribution in [1.29, 1.82) is 0 Å². The molecule has 0 saturated heterocycles. The molecule has 0 bridgehead atoms. The van der Waals surface area contributed by atoms with Crippen LogP contribution < -0.4 is 5.32 Å². The van der Waals surface area contributed by atoms with E-state index in [1.165, 1.54) is 38.2 Å². The van der Waals surface area contributed by atoms with Crippen LogP contribution in [0.3, 0.4) is 0 Å². The van der Waals surface area contributed by atoms with Crippen LogP contribution in [0.15, 0.2) is 18.2 Å². The SMILES string of the molecule is COC(=O)c1ccc(F)cc1NC1CCC(C(C)C)CC1. The molecule has 1 aliphatic rings. The van der Waals surface area contributed by atoms with Crippen LogP contribution in [0.2, 0.25) is 0 Å². The lowest BCUT2D eigenvalue weighted by molar-refractivity contribution is 0.0601. The van der Waals surface area contributed by atoms with Crippen LogP contribution in [0, 0.1) is 17.7 Å². The summed E-state index contributed by atoms with van der Waals surface area (Å²) < 4.78 is 18.2. The molecule has 0 amide bonds. The summed E-state index contributed by atoms with van der Waals surface area (Å²) in [4.78, 5) is 11.7. The molecule has 1 N–H and O–H groups in total. The van der Waals surface area contributed by atoms with Crippen LogP contribution in [0.4, 0.5) is 10.1 Å². The van der Waals surface area contributed by atoms with Crippen LogP contribution in [0.25, 0.3) is 0 Å². The largest absolute Gasteiger partial charge is 0.465 e. The fourth-order valence-corrected chi connectivity index (χ4v) is 3.07. The average molecular weight is 293 g/mol. The van der Waals surface area contributed by atoms with Crippen molar-refractivity contribution in [1.82, 2.24) is 0 Å². The van der Waals surface area contributed by atoms with E-state index in [2.05, 4.69) is 19.2 Å². The van der Waals surface area contributed by atoms with E-state index in [9.17, 15) is 9.18 Å². The Labute approximate surface area is 125 Å². The highest BCUT2D eigenvalue weighted by Gasteiger charge is 2.24. The summed E-state index contributed by atoms with van der Waals surface area (Å²) in [6.45, 7) is 4.53. The molecule has 21 heavy (non-hydrogen) atoms. The summed E-state index contributed by atoms with van der Waals surface area (Å²) in [6.07, 6.45) is 4.47. The minimum atomic E-state index is -0.437. The number of nitrogens with one attached hydrogen (secondary N) is 1. The quantitative estimate of drug-likeness (QED) is 0.844. The smallest absolute Gasteiger partial charge is 0.339 e. The highest BCUT2D eigenvalue weighted by molar-refractivity contribution is 5.95. The van der Waals surface area contributed by atoms with Crippen molar-refractivity contribution < 1.29 is 13.9 Å². The van der Waals surface area contributed by atoms with Gasteiger partial charge in [-0.2, -0.15) is 0 Å². The number of halogens is 1. The number of rotatable bonds is 4. The number of hydrogen-bond donors (Lipinski definition) is 1. The molecule has 0 atom stereocenters. The molecule has 1 saturated carbocycles. The van der Waals surface area contributed by atoms with Gasteiger partial charge >= 0.3 is 5.97 Å². The van der Waals surface area contributed by atoms with Gasteiger partial charge in [0.25, 0.3) is 0 Å². The fourth-order valence-electron chi connectivity index (χ4n) is 3.07. The lowest BCUT2D eigenvalue weighted by Crippen LogP contribution is -2.28. The molecule has 1 aromatic rings. The lowest BCUT2D eigenvalue weighted by Gasteiger charge is -2.32. The van der Waals surface area contributed by atoms with Crippen molar-refractivity contribution in [2.24, 2.45) is 11.8 Å². The first-order chi connectivity index (χ1) is 10.0. The maximum Gasteiger partial charge on any atom is 0.339 e. The first-order valence-corrected chi connectivity index (χ1v) is 7.65.